The first kappa shape index (κ1) is 13.7. The fraction of sp³-hybridized carbons (Fsp3) is 0.0667. The van der Waals surface area contributed by atoms with E-state index in [0.29, 0.717) is 6.54 Å². The van der Waals surface area contributed by atoms with E-state index in [-0.39, 0.29) is 11.5 Å². The van der Waals surface area contributed by atoms with Crippen molar-refractivity contribution >= 4 is 17.2 Å². The number of hydrogen-bond acceptors (Lipinski definition) is 5. The number of anilines is 2. The lowest BCUT2D eigenvalue weighted by Crippen LogP contribution is -2.01. The van der Waals surface area contributed by atoms with Crippen molar-refractivity contribution in [1.29, 1.82) is 0 Å². The molecule has 0 atom stereocenters. The smallest absolute Gasteiger partial charge is 0.311 e. The van der Waals surface area contributed by atoms with Gasteiger partial charge in [-0.2, -0.15) is 0 Å². The standard InChI is InChI=1S/C15H13N5O2/c21-20(22)14-5-2-6-17-15(14)18-13-4-1-3-12(9-13)10-19-8-7-16-11-19/h1-9,11H,10H2,(H,17,18). The molecule has 0 radical (unpaired) electrons. The number of rotatable bonds is 5. The molecule has 7 nitrogen and oxygen atoms in total. The van der Waals surface area contributed by atoms with Crippen LogP contribution in [0.4, 0.5) is 17.2 Å². The first-order chi connectivity index (χ1) is 10.7. The molecule has 2 heterocycles. The summed E-state index contributed by atoms with van der Waals surface area (Å²) >= 11 is 0. The number of nitrogens with zero attached hydrogens (tertiary/aromatic N) is 4. The fourth-order valence-corrected chi connectivity index (χ4v) is 2.12. The number of imidazole rings is 1. The second-order valence-electron chi connectivity index (χ2n) is 4.69. The largest absolute Gasteiger partial charge is 0.334 e. The lowest BCUT2D eigenvalue weighted by Gasteiger charge is -2.08. The van der Waals surface area contributed by atoms with Crippen molar-refractivity contribution in [2.45, 2.75) is 6.54 Å². The van der Waals surface area contributed by atoms with Crippen LogP contribution in [0.3, 0.4) is 0 Å². The lowest BCUT2D eigenvalue weighted by atomic mass is 10.2. The molecule has 2 aromatic heterocycles. The quantitative estimate of drug-likeness (QED) is 0.577. The Morgan fingerprint density at radius 1 is 1.23 bits per heavy atom. The number of nitrogens with one attached hydrogen (secondary N) is 1. The zero-order valence-electron chi connectivity index (χ0n) is 11.6. The highest BCUT2D eigenvalue weighted by Crippen LogP contribution is 2.25. The van der Waals surface area contributed by atoms with Gasteiger partial charge >= 0.3 is 5.69 Å². The second-order valence-corrected chi connectivity index (χ2v) is 4.69. The molecule has 0 amide bonds. The van der Waals surface area contributed by atoms with Gasteiger partial charge < -0.3 is 9.88 Å². The minimum Gasteiger partial charge on any atom is -0.334 e. The summed E-state index contributed by atoms with van der Waals surface area (Å²) in [6.07, 6.45) is 6.86. The molecule has 1 N–H and O–H groups in total. The van der Waals surface area contributed by atoms with E-state index in [1.54, 1.807) is 18.6 Å². The highest BCUT2D eigenvalue weighted by atomic mass is 16.6. The molecule has 7 heteroatoms. The zero-order chi connectivity index (χ0) is 15.4. The van der Waals surface area contributed by atoms with Crippen molar-refractivity contribution in [2.75, 3.05) is 5.32 Å². The Morgan fingerprint density at radius 2 is 2.14 bits per heavy atom. The molecule has 110 valence electrons. The summed E-state index contributed by atoms with van der Waals surface area (Å²) < 4.78 is 1.95. The van der Waals surface area contributed by atoms with E-state index in [2.05, 4.69) is 15.3 Å². The Bertz CT molecular complexity index is 786. The van der Waals surface area contributed by atoms with Gasteiger partial charge in [0.25, 0.3) is 0 Å². The molecule has 0 aliphatic rings. The van der Waals surface area contributed by atoms with Gasteiger partial charge in [-0.15, -0.1) is 0 Å². The van der Waals surface area contributed by atoms with Crippen molar-refractivity contribution in [2.24, 2.45) is 0 Å². The number of pyridine rings is 1. The molecule has 0 aliphatic heterocycles. The van der Waals surface area contributed by atoms with Crippen LogP contribution in [-0.2, 0) is 6.54 Å². The molecule has 3 aromatic rings. The Hall–Kier alpha value is -3.22. The van der Waals surface area contributed by atoms with Gasteiger partial charge in [0, 0.05) is 36.9 Å². The third kappa shape index (κ3) is 3.09. The third-order valence-corrected chi connectivity index (χ3v) is 3.10. The van der Waals surface area contributed by atoms with Gasteiger partial charge in [0.1, 0.15) is 0 Å². The van der Waals surface area contributed by atoms with Crippen LogP contribution in [-0.4, -0.2) is 19.5 Å². The molecule has 0 saturated heterocycles. The monoisotopic (exact) mass is 295 g/mol. The molecule has 22 heavy (non-hydrogen) atoms. The fourth-order valence-electron chi connectivity index (χ4n) is 2.12. The molecular formula is C15H13N5O2. The highest BCUT2D eigenvalue weighted by Gasteiger charge is 2.14. The molecule has 0 bridgehead atoms. The summed E-state index contributed by atoms with van der Waals surface area (Å²) in [7, 11) is 0. The summed E-state index contributed by atoms with van der Waals surface area (Å²) in [6.45, 7) is 0.680. The van der Waals surface area contributed by atoms with Crippen LogP contribution in [0.15, 0.2) is 61.3 Å². The van der Waals surface area contributed by atoms with Crippen LogP contribution in [0.1, 0.15) is 5.56 Å². The lowest BCUT2D eigenvalue weighted by molar-refractivity contribution is -0.384. The van der Waals surface area contributed by atoms with Gasteiger partial charge in [-0.3, -0.25) is 10.1 Å². The molecule has 0 fully saturated rings. The van der Waals surface area contributed by atoms with Gasteiger partial charge in [-0.25, -0.2) is 9.97 Å². The number of hydrogen-bond donors (Lipinski definition) is 1. The summed E-state index contributed by atoms with van der Waals surface area (Å²) in [5.74, 6) is 0.229. The van der Waals surface area contributed by atoms with Gasteiger partial charge in [0.2, 0.25) is 5.82 Å². The van der Waals surface area contributed by atoms with Crippen molar-refractivity contribution in [3.05, 3.63) is 77.0 Å². The molecule has 0 saturated carbocycles. The molecule has 1 aromatic carbocycles. The number of benzene rings is 1. The first-order valence-corrected chi connectivity index (χ1v) is 6.63. The predicted octanol–water partition coefficient (Wildman–Crippen LogP) is 2.98. The average Bonchev–Trinajstić information content (AvgIpc) is 3.01. The van der Waals surface area contributed by atoms with E-state index in [0.717, 1.165) is 11.3 Å². The van der Waals surface area contributed by atoms with Crippen LogP contribution >= 0.6 is 0 Å². The van der Waals surface area contributed by atoms with Crippen LogP contribution in [0.5, 0.6) is 0 Å². The van der Waals surface area contributed by atoms with Gasteiger partial charge in [-0.05, 0) is 23.8 Å². The molecule has 0 spiro atoms. The average molecular weight is 295 g/mol. The van der Waals surface area contributed by atoms with E-state index in [1.807, 2.05) is 35.0 Å². The third-order valence-electron chi connectivity index (χ3n) is 3.10. The van der Waals surface area contributed by atoms with E-state index in [4.69, 9.17) is 0 Å². The maximum absolute atomic E-state index is 11.0. The number of nitro groups is 1. The van der Waals surface area contributed by atoms with E-state index < -0.39 is 4.92 Å². The van der Waals surface area contributed by atoms with Crippen molar-refractivity contribution < 1.29 is 4.92 Å². The van der Waals surface area contributed by atoms with Crippen LogP contribution < -0.4 is 5.32 Å². The molecular weight excluding hydrogens is 282 g/mol. The molecule has 0 unspecified atom stereocenters. The van der Waals surface area contributed by atoms with Crippen LogP contribution in [0, 0.1) is 10.1 Å². The summed E-state index contributed by atoms with van der Waals surface area (Å²) in [4.78, 5) is 18.6. The first-order valence-electron chi connectivity index (χ1n) is 6.63. The van der Waals surface area contributed by atoms with Crippen molar-refractivity contribution in [3.63, 3.8) is 0 Å². The van der Waals surface area contributed by atoms with Gasteiger partial charge in [0.05, 0.1) is 11.3 Å². The van der Waals surface area contributed by atoms with Gasteiger partial charge in [0.15, 0.2) is 0 Å². The number of aromatic nitrogens is 3. The summed E-state index contributed by atoms with van der Waals surface area (Å²) in [5.41, 5.74) is 1.75. The SMILES string of the molecule is O=[N+]([O-])c1cccnc1Nc1cccc(Cn2ccnc2)c1. The zero-order valence-corrected chi connectivity index (χ0v) is 11.6. The Labute approximate surface area is 126 Å². The minimum atomic E-state index is -0.454. The summed E-state index contributed by atoms with van der Waals surface area (Å²) in [6, 6.07) is 10.6. The predicted molar refractivity (Wildman–Crippen MR) is 81.9 cm³/mol. The van der Waals surface area contributed by atoms with E-state index >= 15 is 0 Å². The Kier molecular flexibility index (Phi) is 3.78. The van der Waals surface area contributed by atoms with Crippen LogP contribution in [0.25, 0.3) is 0 Å². The normalized spacial score (nSPS) is 10.4. The maximum Gasteiger partial charge on any atom is 0.311 e. The van der Waals surface area contributed by atoms with Crippen molar-refractivity contribution in [3.8, 4) is 0 Å². The molecule has 0 aliphatic carbocycles. The topological polar surface area (TPSA) is 85.9 Å². The minimum absolute atomic E-state index is 0.0532. The summed E-state index contributed by atoms with van der Waals surface area (Å²) in [5, 5.41) is 14.0. The second kappa shape index (κ2) is 6.04. The van der Waals surface area contributed by atoms with Crippen LogP contribution in [0.2, 0.25) is 0 Å². The molecule has 3 rings (SSSR count). The van der Waals surface area contributed by atoms with Crippen molar-refractivity contribution in [1.82, 2.24) is 14.5 Å². The highest BCUT2D eigenvalue weighted by molar-refractivity contribution is 5.65. The van der Waals surface area contributed by atoms with E-state index in [1.165, 1.54) is 12.3 Å². The maximum atomic E-state index is 11.0. The Balaban J connectivity index is 1.83. The Morgan fingerprint density at radius 3 is 2.91 bits per heavy atom. The van der Waals surface area contributed by atoms with E-state index in [9.17, 15) is 10.1 Å². The van der Waals surface area contributed by atoms with Gasteiger partial charge in [-0.1, -0.05) is 12.1 Å².